The molecule has 0 aliphatic rings. The number of oxime groups is 1. The fourth-order valence-corrected chi connectivity index (χ4v) is 2.24. The van der Waals surface area contributed by atoms with Crippen molar-refractivity contribution in [1.29, 1.82) is 0 Å². The van der Waals surface area contributed by atoms with Crippen LogP contribution in [0.15, 0.2) is 29.4 Å². The first-order valence-electron chi connectivity index (χ1n) is 7.22. The molecule has 0 saturated carbocycles. The largest absolute Gasteiger partial charge is 0.508 e. The Labute approximate surface area is 116 Å². The minimum atomic E-state index is 0.280. The molecule has 1 N–H and O–H groups in total. The van der Waals surface area contributed by atoms with Crippen LogP contribution in [0.3, 0.4) is 0 Å². The van der Waals surface area contributed by atoms with Crippen LogP contribution in [0.2, 0.25) is 0 Å². The van der Waals surface area contributed by atoms with E-state index < -0.39 is 0 Å². The molecule has 0 radical (unpaired) electrons. The minimum Gasteiger partial charge on any atom is -0.508 e. The van der Waals surface area contributed by atoms with E-state index in [4.69, 9.17) is 4.84 Å². The molecule has 3 nitrogen and oxygen atoms in total. The molecule has 3 heteroatoms. The Kier molecular flexibility index (Phi) is 7.01. The maximum absolute atomic E-state index is 9.39. The zero-order valence-electron chi connectivity index (χ0n) is 12.2. The molecular weight excluding hydrogens is 238 g/mol. The summed E-state index contributed by atoms with van der Waals surface area (Å²) in [7, 11) is 0. The lowest BCUT2D eigenvalue weighted by molar-refractivity contribution is 0.157. The first-order chi connectivity index (χ1) is 9.22. The zero-order valence-corrected chi connectivity index (χ0v) is 12.2. The van der Waals surface area contributed by atoms with Gasteiger partial charge in [-0.05, 0) is 49.6 Å². The summed E-state index contributed by atoms with van der Waals surface area (Å²) in [6.07, 6.45) is 4.49. The normalized spacial score (nSPS) is 11.9. The molecule has 0 amide bonds. The van der Waals surface area contributed by atoms with Crippen LogP contribution in [-0.2, 0) is 4.84 Å². The van der Waals surface area contributed by atoms with Crippen LogP contribution >= 0.6 is 0 Å². The van der Waals surface area contributed by atoms with Crippen molar-refractivity contribution in [3.8, 4) is 5.75 Å². The molecule has 0 spiro atoms. The number of aromatic hydroxyl groups is 1. The molecule has 0 bridgehead atoms. The molecule has 0 heterocycles. The topological polar surface area (TPSA) is 41.8 Å². The number of phenolic OH excluding ortho intramolecular Hbond substituents is 1. The zero-order chi connectivity index (χ0) is 14.1. The highest BCUT2D eigenvalue weighted by molar-refractivity contribution is 6.02. The fraction of sp³-hybridized carbons (Fsp3) is 0.562. The molecule has 0 saturated heterocycles. The number of hydrogen-bond donors (Lipinski definition) is 1. The van der Waals surface area contributed by atoms with E-state index >= 15 is 0 Å². The summed E-state index contributed by atoms with van der Waals surface area (Å²) in [5, 5.41) is 13.7. The lowest BCUT2D eigenvalue weighted by Crippen LogP contribution is -2.16. The van der Waals surface area contributed by atoms with Gasteiger partial charge in [0.15, 0.2) is 0 Å². The Morgan fingerprint density at radius 2 is 1.68 bits per heavy atom. The van der Waals surface area contributed by atoms with E-state index in [0.717, 1.165) is 37.0 Å². The summed E-state index contributed by atoms with van der Waals surface area (Å²) in [6.45, 7) is 6.90. The summed E-state index contributed by atoms with van der Waals surface area (Å²) in [5.74, 6) is 0.702. The van der Waals surface area contributed by atoms with Gasteiger partial charge in [-0.2, -0.15) is 0 Å². The first-order valence-corrected chi connectivity index (χ1v) is 7.22. The average molecular weight is 263 g/mol. The number of rotatable bonds is 8. The van der Waals surface area contributed by atoms with Crippen LogP contribution in [0.4, 0.5) is 0 Å². The minimum absolute atomic E-state index is 0.280. The quantitative estimate of drug-likeness (QED) is 0.559. The van der Waals surface area contributed by atoms with Crippen LogP contribution in [0.5, 0.6) is 5.75 Å². The molecule has 0 aliphatic heterocycles. The van der Waals surface area contributed by atoms with Crippen molar-refractivity contribution in [2.75, 3.05) is 6.61 Å². The molecule has 0 fully saturated rings. The smallest absolute Gasteiger partial charge is 0.115 e. The number of hydrogen-bond acceptors (Lipinski definition) is 3. The van der Waals surface area contributed by atoms with E-state index in [0.29, 0.717) is 12.5 Å². The number of benzene rings is 1. The fourth-order valence-electron chi connectivity index (χ4n) is 2.24. The van der Waals surface area contributed by atoms with Crippen LogP contribution < -0.4 is 0 Å². The van der Waals surface area contributed by atoms with Crippen molar-refractivity contribution < 1.29 is 9.94 Å². The van der Waals surface area contributed by atoms with E-state index in [1.165, 1.54) is 0 Å². The SMILES string of the molecule is CCCC(CCC)C(=NOCC)c1ccc(O)cc1. The maximum atomic E-state index is 9.39. The van der Waals surface area contributed by atoms with E-state index in [-0.39, 0.29) is 5.75 Å². The van der Waals surface area contributed by atoms with Gasteiger partial charge in [-0.1, -0.05) is 31.8 Å². The summed E-state index contributed by atoms with van der Waals surface area (Å²) < 4.78 is 0. The molecule has 1 aromatic carbocycles. The Bertz CT molecular complexity index is 378. The molecule has 0 aliphatic carbocycles. The summed E-state index contributed by atoms with van der Waals surface area (Å²) in [5.41, 5.74) is 2.05. The third kappa shape index (κ3) is 4.93. The van der Waals surface area contributed by atoms with Crippen LogP contribution in [0, 0.1) is 5.92 Å². The van der Waals surface area contributed by atoms with Gasteiger partial charge in [0.2, 0.25) is 0 Å². The van der Waals surface area contributed by atoms with Crippen LogP contribution in [0.1, 0.15) is 52.0 Å². The Morgan fingerprint density at radius 3 is 2.16 bits per heavy atom. The van der Waals surface area contributed by atoms with Crippen molar-refractivity contribution >= 4 is 5.71 Å². The van der Waals surface area contributed by atoms with E-state index in [9.17, 15) is 5.11 Å². The standard InChI is InChI=1S/C16H25NO2/c1-4-7-13(8-5-2)16(17-19-6-3)14-9-11-15(18)12-10-14/h9-13,18H,4-8H2,1-3H3. The Morgan fingerprint density at radius 1 is 1.11 bits per heavy atom. The van der Waals surface area contributed by atoms with Gasteiger partial charge in [0, 0.05) is 5.92 Å². The predicted molar refractivity (Wildman–Crippen MR) is 79.6 cm³/mol. The molecule has 0 atom stereocenters. The van der Waals surface area contributed by atoms with Crippen molar-refractivity contribution in [3.63, 3.8) is 0 Å². The molecule has 19 heavy (non-hydrogen) atoms. The molecule has 0 unspecified atom stereocenters. The molecule has 1 rings (SSSR count). The van der Waals surface area contributed by atoms with E-state index in [2.05, 4.69) is 19.0 Å². The second kappa shape index (κ2) is 8.57. The maximum Gasteiger partial charge on any atom is 0.115 e. The van der Waals surface area contributed by atoms with Crippen molar-refractivity contribution in [3.05, 3.63) is 29.8 Å². The number of nitrogens with zero attached hydrogens (tertiary/aromatic N) is 1. The number of phenols is 1. The van der Waals surface area contributed by atoms with E-state index in [1.54, 1.807) is 12.1 Å². The lowest BCUT2D eigenvalue weighted by atomic mass is 9.89. The average Bonchev–Trinajstić information content (AvgIpc) is 2.41. The molecular formula is C16H25NO2. The van der Waals surface area contributed by atoms with Gasteiger partial charge in [-0.25, -0.2) is 0 Å². The van der Waals surface area contributed by atoms with Gasteiger partial charge in [-0.15, -0.1) is 0 Å². The van der Waals surface area contributed by atoms with Crippen LogP contribution in [0.25, 0.3) is 0 Å². The highest BCUT2D eigenvalue weighted by atomic mass is 16.6. The summed E-state index contributed by atoms with van der Waals surface area (Å²) >= 11 is 0. The highest BCUT2D eigenvalue weighted by Crippen LogP contribution is 2.22. The Hall–Kier alpha value is -1.51. The summed E-state index contributed by atoms with van der Waals surface area (Å²) in [6, 6.07) is 7.22. The van der Waals surface area contributed by atoms with Gasteiger partial charge >= 0.3 is 0 Å². The molecule has 1 aromatic rings. The van der Waals surface area contributed by atoms with Crippen molar-refractivity contribution in [2.45, 2.75) is 46.5 Å². The van der Waals surface area contributed by atoms with Gasteiger partial charge in [0.1, 0.15) is 12.4 Å². The van der Waals surface area contributed by atoms with Crippen molar-refractivity contribution in [2.24, 2.45) is 11.1 Å². The Balaban J connectivity index is 3.01. The van der Waals surface area contributed by atoms with Gasteiger partial charge < -0.3 is 9.94 Å². The van der Waals surface area contributed by atoms with E-state index in [1.807, 2.05) is 19.1 Å². The molecule has 0 aromatic heterocycles. The lowest BCUT2D eigenvalue weighted by Gasteiger charge is -2.18. The predicted octanol–water partition coefficient (Wildman–Crippen LogP) is 4.35. The third-order valence-electron chi connectivity index (χ3n) is 3.12. The molecule has 106 valence electrons. The second-order valence-corrected chi connectivity index (χ2v) is 4.72. The van der Waals surface area contributed by atoms with Crippen molar-refractivity contribution in [1.82, 2.24) is 0 Å². The summed E-state index contributed by atoms with van der Waals surface area (Å²) in [4.78, 5) is 5.28. The first kappa shape index (κ1) is 15.5. The monoisotopic (exact) mass is 263 g/mol. The third-order valence-corrected chi connectivity index (χ3v) is 3.12. The second-order valence-electron chi connectivity index (χ2n) is 4.72. The van der Waals surface area contributed by atoms with Gasteiger partial charge in [-0.3, -0.25) is 0 Å². The van der Waals surface area contributed by atoms with Crippen LogP contribution in [-0.4, -0.2) is 17.4 Å². The van der Waals surface area contributed by atoms with Gasteiger partial charge in [0.05, 0.1) is 5.71 Å². The highest BCUT2D eigenvalue weighted by Gasteiger charge is 2.17. The van der Waals surface area contributed by atoms with Gasteiger partial charge in [0.25, 0.3) is 0 Å².